The number of hydrazone groups is 1. The number of carbonyl (C=O) groups is 2. The molecule has 0 spiro atoms. The Kier molecular flexibility index (Phi) is 7.74. The Hall–Kier alpha value is -3.46. The molecular weight excluding hydrogens is 450 g/mol. The fourth-order valence-electron chi connectivity index (χ4n) is 4.08. The highest BCUT2D eigenvalue weighted by molar-refractivity contribution is 7.99. The summed E-state index contributed by atoms with van der Waals surface area (Å²) >= 11 is 1.33. The summed E-state index contributed by atoms with van der Waals surface area (Å²) in [6.07, 6.45) is 7.08. The predicted molar refractivity (Wildman–Crippen MR) is 132 cm³/mol. The molecule has 0 radical (unpaired) electrons. The standard InChI is InChI=1S/C25H27N5O3S/c1-17-11-13-18(14-12-17)23-28-29-25(30(23)20-8-3-2-4-9-20)34-16-22(31)27-26-15-19-7-5-6-10-21(19)24(32)33/h5-7,10-15,20H,2-4,8-9,16H2,1H3,(H,27,31)(H,32,33). The molecule has 1 saturated carbocycles. The molecule has 1 heterocycles. The van der Waals surface area contributed by atoms with Crippen molar-refractivity contribution < 1.29 is 14.7 Å². The van der Waals surface area contributed by atoms with Crippen molar-refractivity contribution in [1.29, 1.82) is 0 Å². The van der Waals surface area contributed by atoms with E-state index in [0.29, 0.717) is 11.6 Å². The Balaban J connectivity index is 1.45. The van der Waals surface area contributed by atoms with Gasteiger partial charge in [0.05, 0.1) is 17.5 Å². The van der Waals surface area contributed by atoms with Crippen LogP contribution in [0.4, 0.5) is 0 Å². The molecule has 8 nitrogen and oxygen atoms in total. The van der Waals surface area contributed by atoms with Crippen LogP contribution in [-0.2, 0) is 4.79 Å². The van der Waals surface area contributed by atoms with Gasteiger partial charge in [0.1, 0.15) is 0 Å². The van der Waals surface area contributed by atoms with Crippen molar-refractivity contribution in [2.24, 2.45) is 5.10 Å². The molecule has 34 heavy (non-hydrogen) atoms. The van der Waals surface area contributed by atoms with Gasteiger partial charge >= 0.3 is 5.97 Å². The second-order valence-electron chi connectivity index (χ2n) is 8.31. The maximum absolute atomic E-state index is 12.4. The number of aromatic nitrogens is 3. The Morgan fingerprint density at radius 2 is 1.85 bits per heavy atom. The van der Waals surface area contributed by atoms with Gasteiger partial charge < -0.3 is 5.11 Å². The number of nitrogens with one attached hydrogen (secondary N) is 1. The van der Waals surface area contributed by atoms with E-state index in [4.69, 9.17) is 0 Å². The molecule has 1 fully saturated rings. The zero-order valence-electron chi connectivity index (χ0n) is 19.0. The van der Waals surface area contributed by atoms with E-state index in [1.807, 2.05) is 0 Å². The maximum Gasteiger partial charge on any atom is 0.336 e. The van der Waals surface area contributed by atoms with E-state index in [0.717, 1.165) is 29.4 Å². The van der Waals surface area contributed by atoms with E-state index in [1.54, 1.807) is 18.2 Å². The van der Waals surface area contributed by atoms with Gasteiger partial charge in [-0.25, -0.2) is 10.2 Å². The van der Waals surface area contributed by atoms with Gasteiger partial charge in [0, 0.05) is 17.2 Å². The smallest absolute Gasteiger partial charge is 0.336 e. The van der Waals surface area contributed by atoms with Crippen LogP contribution in [0.2, 0.25) is 0 Å². The molecule has 0 aliphatic heterocycles. The fourth-order valence-corrected chi connectivity index (χ4v) is 4.88. The van der Waals surface area contributed by atoms with Crippen molar-refractivity contribution in [2.75, 3.05) is 5.75 Å². The maximum atomic E-state index is 12.4. The number of carbonyl (C=O) groups excluding carboxylic acids is 1. The minimum absolute atomic E-state index is 0.122. The van der Waals surface area contributed by atoms with E-state index in [1.165, 1.54) is 48.9 Å². The van der Waals surface area contributed by atoms with E-state index in [9.17, 15) is 14.7 Å². The molecule has 2 aromatic carbocycles. The summed E-state index contributed by atoms with van der Waals surface area (Å²) in [4.78, 5) is 23.7. The topological polar surface area (TPSA) is 109 Å². The third kappa shape index (κ3) is 5.72. The van der Waals surface area contributed by atoms with Gasteiger partial charge in [0.2, 0.25) is 0 Å². The van der Waals surface area contributed by atoms with Gasteiger partial charge in [-0.05, 0) is 25.8 Å². The van der Waals surface area contributed by atoms with Crippen LogP contribution >= 0.6 is 11.8 Å². The van der Waals surface area contributed by atoms with Crippen LogP contribution in [0.25, 0.3) is 11.4 Å². The first-order valence-corrected chi connectivity index (χ1v) is 12.3. The summed E-state index contributed by atoms with van der Waals surface area (Å²) in [6, 6.07) is 15.0. The number of benzene rings is 2. The third-order valence-electron chi connectivity index (χ3n) is 5.83. The zero-order valence-corrected chi connectivity index (χ0v) is 19.8. The summed E-state index contributed by atoms with van der Waals surface area (Å²) in [5.41, 5.74) is 5.21. The first-order chi connectivity index (χ1) is 16.5. The highest BCUT2D eigenvalue weighted by Gasteiger charge is 2.24. The lowest BCUT2D eigenvalue weighted by atomic mass is 9.95. The van der Waals surface area contributed by atoms with Crippen LogP contribution in [0.1, 0.15) is 59.6 Å². The fraction of sp³-hybridized carbons (Fsp3) is 0.320. The van der Waals surface area contributed by atoms with Crippen molar-refractivity contribution >= 4 is 29.9 Å². The van der Waals surface area contributed by atoms with Crippen LogP contribution in [0, 0.1) is 6.92 Å². The summed E-state index contributed by atoms with van der Waals surface area (Å²) in [5, 5.41) is 22.8. The molecule has 0 saturated heterocycles. The normalized spacial score (nSPS) is 14.4. The quantitative estimate of drug-likeness (QED) is 0.276. The third-order valence-corrected chi connectivity index (χ3v) is 6.77. The van der Waals surface area contributed by atoms with Gasteiger partial charge in [0.25, 0.3) is 5.91 Å². The minimum atomic E-state index is -1.05. The van der Waals surface area contributed by atoms with E-state index in [2.05, 4.69) is 56.5 Å². The van der Waals surface area contributed by atoms with Gasteiger partial charge in [-0.15, -0.1) is 10.2 Å². The average molecular weight is 478 g/mol. The molecule has 176 valence electrons. The number of nitrogens with zero attached hydrogens (tertiary/aromatic N) is 4. The van der Waals surface area contributed by atoms with Gasteiger partial charge in [0.15, 0.2) is 11.0 Å². The Bertz CT molecular complexity index is 1180. The zero-order chi connectivity index (χ0) is 23.9. The number of aromatic carboxylic acids is 1. The molecule has 1 aromatic heterocycles. The molecule has 0 bridgehead atoms. The van der Waals surface area contributed by atoms with Gasteiger partial charge in [-0.3, -0.25) is 9.36 Å². The largest absolute Gasteiger partial charge is 0.478 e. The van der Waals surface area contributed by atoms with E-state index >= 15 is 0 Å². The summed E-state index contributed by atoms with van der Waals surface area (Å²) < 4.78 is 2.19. The second kappa shape index (κ2) is 11.1. The summed E-state index contributed by atoms with van der Waals surface area (Å²) in [6.45, 7) is 2.05. The van der Waals surface area contributed by atoms with Crippen molar-refractivity contribution in [3.8, 4) is 11.4 Å². The van der Waals surface area contributed by atoms with Crippen LogP contribution in [-0.4, -0.2) is 43.7 Å². The lowest BCUT2D eigenvalue weighted by Crippen LogP contribution is -2.21. The molecule has 2 N–H and O–H groups in total. The molecular formula is C25H27N5O3S. The molecule has 9 heteroatoms. The Morgan fingerprint density at radius 1 is 1.12 bits per heavy atom. The first kappa shape index (κ1) is 23.7. The predicted octanol–water partition coefficient (Wildman–Crippen LogP) is 4.70. The Labute approximate surface area is 202 Å². The Morgan fingerprint density at radius 3 is 2.59 bits per heavy atom. The number of rotatable bonds is 8. The van der Waals surface area contributed by atoms with Crippen LogP contribution in [0.3, 0.4) is 0 Å². The van der Waals surface area contributed by atoms with E-state index in [-0.39, 0.29) is 17.2 Å². The molecule has 0 unspecified atom stereocenters. The van der Waals surface area contributed by atoms with Crippen molar-refractivity contribution in [3.05, 3.63) is 65.2 Å². The monoisotopic (exact) mass is 477 g/mol. The number of aryl methyl sites for hydroxylation is 1. The minimum Gasteiger partial charge on any atom is -0.478 e. The van der Waals surface area contributed by atoms with Crippen LogP contribution < -0.4 is 5.43 Å². The highest BCUT2D eigenvalue weighted by Crippen LogP contribution is 2.35. The summed E-state index contributed by atoms with van der Waals surface area (Å²) in [5.74, 6) is -0.394. The van der Waals surface area contributed by atoms with Crippen molar-refractivity contribution in [3.63, 3.8) is 0 Å². The van der Waals surface area contributed by atoms with Crippen molar-refractivity contribution in [2.45, 2.75) is 50.2 Å². The van der Waals surface area contributed by atoms with Gasteiger partial charge in [-0.1, -0.05) is 79.1 Å². The number of hydrogen-bond acceptors (Lipinski definition) is 6. The number of hydrogen-bond donors (Lipinski definition) is 2. The second-order valence-corrected chi connectivity index (χ2v) is 9.25. The SMILES string of the molecule is Cc1ccc(-c2nnc(SCC(=O)NN=Cc3ccccc3C(=O)O)n2C2CCCCC2)cc1. The molecule has 1 aliphatic carbocycles. The van der Waals surface area contributed by atoms with Gasteiger partial charge in [-0.2, -0.15) is 5.10 Å². The molecule has 4 rings (SSSR count). The van der Waals surface area contributed by atoms with Crippen LogP contribution in [0.15, 0.2) is 58.8 Å². The lowest BCUT2D eigenvalue weighted by Gasteiger charge is -2.25. The average Bonchev–Trinajstić information content (AvgIpc) is 3.28. The number of carboxylic acid groups (broad SMARTS) is 1. The van der Waals surface area contributed by atoms with E-state index < -0.39 is 5.97 Å². The molecule has 3 aromatic rings. The van der Waals surface area contributed by atoms with Crippen molar-refractivity contribution in [1.82, 2.24) is 20.2 Å². The first-order valence-electron chi connectivity index (χ1n) is 11.3. The number of amides is 1. The molecule has 0 atom stereocenters. The van der Waals surface area contributed by atoms with Crippen LogP contribution in [0.5, 0.6) is 0 Å². The molecule has 1 amide bonds. The lowest BCUT2D eigenvalue weighted by molar-refractivity contribution is -0.118. The highest BCUT2D eigenvalue weighted by atomic mass is 32.2. The number of thioether (sulfide) groups is 1. The number of carboxylic acids is 1. The molecule has 1 aliphatic rings. The summed E-state index contributed by atoms with van der Waals surface area (Å²) in [7, 11) is 0.